The zero-order valence-electron chi connectivity index (χ0n) is 11.5. The SMILES string of the molecule is CCCCCCCCCC(=O)C#CC1C=CC=C1. The molecule has 0 bridgehead atoms. The lowest BCUT2D eigenvalue weighted by Gasteiger charge is -1.99. The van der Waals surface area contributed by atoms with Gasteiger partial charge in [-0.15, -0.1) is 0 Å². The van der Waals surface area contributed by atoms with Gasteiger partial charge in [-0.05, 0) is 12.3 Å². The van der Waals surface area contributed by atoms with Crippen molar-refractivity contribution in [3.05, 3.63) is 24.3 Å². The maximum atomic E-state index is 11.5. The van der Waals surface area contributed by atoms with Gasteiger partial charge in [-0.2, -0.15) is 0 Å². The molecule has 0 amide bonds. The van der Waals surface area contributed by atoms with Gasteiger partial charge in [0.25, 0.3) is 0 Å². The largest absolute Gasteiger partial charge is 0.285 e. The smallest absolute Gasteiger partial charge is 0.205 e. The highest BCUT2D eigenvalue weighted by atomic mass is 16.1. The van der Waals surface area contributed by atoms with Crippen LogP contribution in [0, 0.1) is 17.8 Å². The summed E-state index contributed by atoms with van der Waals surface area (Å²) >= 11 is 0. The van der Waals surface area contributed by atoms with Gasteiger partial charge < -0.3 is 0 Å². The number of rotatable bonds is 8. The van der Waals surface area contributed by atoms with E-state index in [2.05, 4.69) is 18.8 Å². The van der Waals surface area contributed by atoms with E-state index in [1.54, 1.807) is 0 Å². The first kappa shape index (κ1) is 14.8. The highest BCUT2D eigenvalue weighted by Gasteiger charge is 2.00. The van der Waals surface area contributed by atoms with Crippen LogP contribution in [-0.2, 0) is 4.79 Å². The van der Waals surface area contributed by atoms with Crippen molar-refractivity contribution in [1.82, 2.24) is 0 Å². The lowest BCUT2D eigenvalue weighted by molar-refractivity contribution is -0.113. The number of unbranched alkanes of at least 4 members (excludes halogenated alkanes) is 6. The molecular formula is C17H24O. The van der Waals surface area contributed by atoms with Crippen molar-refractivity contribution in [2.75, 3.05) is 0 Å². The number of hydrogen-bond donors (Lipinski definition) is 0. The summed E-state index contributed by atoms with van der Waals surface area (Å²) in [5.41, 5.74) is 0. The van der Waals surface area contributed by atoms with E-state index in [0.29, 0.717) is 6.42 Å². The molecule has 1 aliphatic carbocycles. The highest BCUT2D eigenvalue weighted by Crippen LogP contribution is 2.09. The molecule has 0 unspecified atom stereocenters. The molecule has 0 spiro atoms. The Balaban J connectivity index is 2.00. The predicted octanol–water partition coefficient (Wildman–Crippen LogP) is 4.44. The lowest BCUT2D eigenvalue weighted by Crippen LogP contribution is -1.94. The Morgan fingerprint density at radius 1 is 1.00 bits per heavy atom. The van der Waals surface area contributed by atoms with Crippen LogP contribution in [0.1, 0.15) is 58.3 Å². The van der Waals surface area contributed by atoms with Crippen LogP contribution in [0.5, 0.6) is 0 Å². The molecule has 1 heteroatoms. The fraction of sp³-hybridized carbons (Fsp3) is 0.588. The van der Waals surface area contributed by atoms with E-state index in [4.69, 9.17) is 0 Å². The van der Waals surface area contributed by atoms with Crippen LogP contribution in [0.4, 0.5) is 0 Å². The number of carbonyl (C=O) groups is 1. The Kier molecular flexibility index (Phi) is 7.97. The first-order valence-electron chi connectivity index (χ1n) is 7.22. The fourth-order valence-electron chi connectivity index (χ4n) is 2.00. The number of Topliss-reactive ketones (excluding diaryl/α,β-unsaturated/α-hetero) is 1. The molecule has 0 aromatic heterocycles. The Labute approximate surface area is 111 Å². The van der Waals surface area contributed by atoms with Crippen molar-refractivity contribution >= 4 is 5.78 Å². The molecule has 0 N–H and O–H groups in total. The molecule has 1 rings (SSSR count). The Morgan fingerprint density at radius 3 is 2.28 bits per heavy atom. The van der Waals surface area contributed by atoms with Gasteiger partial charge in [0, 0.05) is 6.42 Å². The molecule has 18 heavy (non-hydrogen) atoms. The van der Waals surface area contributed by atoms with Gasteiger partial charge in [0.2, 0.25) is 5.78 Å². The third-order valence-electron chi connectivity index (χ3n) is 3.13. The summed E-state index contributed by atoms with van der Waals surface area (Å²) in [6.45, 7) is 2.23. The Morgan fingerprint density at radius 2 is 1.61 bits per heavy atom. The monoisotopic (exact) mass is 244 g/mol. The van der Waals surface area contributed by atoms with E-state index < -0.39 is 0 Å². The minimum absolute atomic E-state index is 0.0947. The average Bonchev–Trinajstić information content (AvgIpc) is 2.88. The molecule has 0 atom stereocenters. The molecule has 0 aromatic carbocycles. The van der Waals surface area contributed by atoms with Crippen molar-refractivity contribution in [2.45, 2.75) is 58.3 Å². The first-order valence-corrected chi connectivity index (χ1v) is 7.22. The Hall–Kier alpha value is -1.29. The molecule has 1 nitrogen and oxygen atoms in total. The summed E-state index contributed by atoms with van der Waals surface area (Å²) in [6.07, 6.45) is 17.3. The van der Waals surface area contributed by atoms with Gasteiger partial charge in [0.05, 0.1) is 5.92 Å². The third kappa shape index (κ3) is 7.12. The van der Waals surface area contributed by atoms with Gasteiger partial charge >= 0.3 is 0 Å². The van der Waals surface area contributed by atoms with Crippen LogP contribution in [-0.4, -0.2) is 5.78 Å². The van der Waals surface area contributed by atoms with E-state index >= 15 is 0 Å². The molecule has 0 aliphatic heterocycles. The van der Waals surface area contributed by atoms with Crippen LogP contribution >= 0.6 is 0 Å². The quantitative estimate of drug-likeness (QED) is 0.350. The van der Waals surface area contributed by atoms with E-state index in [0.717, 1.165) is 6.42 Å². The molecule has 98 valence electrons. The molecule has 0 saturated heterocycles. The first-order chi connectivity index (χ1) is 8.83. The van der Waals surface area contributed by atoms with Gasteiger partial charge in [-0.1, -0.05) is 75.7 Å². The number of allylic oxidation sites excluding steroid dienone is 4. The average molecular weight is 244 g/mol. The second kappa shape index (κ2) is 9.71. The molecule has 0 aromatic rings. The predicted molar refractivity (Wildman–Crippen MR) is 77.2 cm³/mol. The molecule has 0 radical (unpaired) electrons. The third-order valence-corrected chi connectivity index (χ3v) is 3.13. The van der Waals surface area contributed by atoms with Gasteiger partial charge in [0.15, 0.2) is 0 Å². The maximum Gasteiger partial charge on any atom is 0.205 e. The summed E-state index contributed by atoms with van der Waals surface area (Å²) in [5, 5.41) is 0. The summed E-state index contributed by atoms with van der Waals surface area (Å²) in [4.78, 5) is 11.5. The van der Waals surface area contributed by atoms with E-state index in [-0.39, 0.29) is 11.7 Å². The minimum Gasteiger partial charge on any atom is -0.285 e. The van der Waals surface area contributed by atoms with E-state index in [1.165, 1.54) is 38.5 Å². The number of carbonyl (C=O) groups excluding carboxylic acids is 1. The molecular weight excluding hydrogens is 220 g/mol. The molecule has 1 aliphatic rings. The fourth-order valence-corrected chi connectivity index (χ4v) is 2.00. The number of ketones is 1. The molecule has 0 heterocycles. The van der Waals surface area contributed by atoms with Crippen molar-refractivity contribution in [2.24, 2.45) is 5.92 Å². The topological polar surface area (TPSA) is 17.1 Å². The lowest BCUT2D eigenvalue weighted by atomic mass is 10.1. The van der Waals surface area contributed by atoms with Crippen molar-refractivity contribution < 1.29 is 4.79 Å². The summed E-state index contributed by atoms with van der Waals surface area (Å²) in [7, 11) is 0. The minimum atomic E-state index is 0.0947. The van der Waals surface area contributed by atoms with E-state index in [1.807, 2.05) is 24.3 Å². The molecule has 0 fully saturated rings. The summed E-state index contributed by atoms with van der Waals surface area (Å²) in [6, 6.07) is 0. The standard InChI is InChI=1S/C17H24O/c1-2-3-4-5-6-7-8-13-17(18)15-14-16-11-9-10-12-16/h9-12,16H,2-8,13H2,1H3. The zero-order chi connectivity index (χ0) is 13.1. The maximum absolute atomic E-state index is 11.5. The number of hydrogen-bond acceptors (Lipinski definition) is 1. The summed E-state index contributed by atoms with van der Waals surface area (Å²) < 4.78 is 0. The van der Waals surface area contributed by atoms with Gasteiger partial charge in [0.1, 0.15) is 0 Å². The van der Waals surface area contributed by atoms with Crippen LogP contribution in [0.3, 0.4) is 0 Å². The van der Waals surface area contributed by atoms with Gasteiger partial charge in [-0.25, -0.2) is 0 Å². The zero-order valence-corrected chi connectivity index (χ0v) is 11.5. The van der Waals surface area contributed by atoms with Crippen molar-refractivity contribution in [1.29, 1.82) is 0 Å². The van der Waals surface area contributed by atoms with Crippen LogP contribution in [0.15, 0.2) is 24.3 Å². The second-order valence-electron chi connectivity index (χ2n) is 4.86. The highest BCUT2D eigenvalue weighted by molar-refractivity contribution is 5.95. The van der Waals surface area contributed by atoms with Crippen molar-refractivity contribution in [3.63, 3.8) is 0 Å². The molecule has 0 saturated carbocycles. The van der Waals surface area contributed by atoms with E-state index in [9.17, 15) is 4.79 Å². The van der Waals surface area contributed by atoms with Crippen molar-refractivity contribution in [3.8, 4) is 11.8 Å². The van der Waals surface area contributed by atoms with Crippen LogP contribution in [0.25, 0.3) is 0 Å². The second-order valence-corrected chi connectivity index (χ2v) is 4.86. The van der Waals surface area contributed by atoms with Crippen LogP contribution < -0.4 is 0 Å². The van der Waals surface area contributed by atoms with Crippen LogP contribution in [0.2, 0.25) is 0 Å². The summed E-state index contributed by atoms with van der Waals surface area (Å²) in [5.74, 6) is 5.97. The normalized spacial score (nSPS) is 13.6. The Bertz CT molecular complexity index is 340. The van der Waals surface area contributed by atoms with Gasteiger partial charge in [-0.3, -0.25) is 4.79 Å².